The first-order valence-electron chi connectivity index (χ1n) is 6.64. The highest BCUT2D eigenvalue weighted by Crippen LogP contribution is 2.31. The minimum absolute atomic E-state index is 0.551. The van der Waals surface area contributed by atoms with Crippen molar-refractivity contribution in [2.45, 2.75) is 6.92 Å². The van der Waals surface area contributed by atoms with Crippen LogP contribution in [0.5, 0.6) is 17.4 Å². The van der Waals surface area contributed by atoms with Crippen LogP contribution in [-0.2, 0) is 0 Å². The predicted octanol–water partition coefficient (Wildman–Crippen LogP) is 3.93. The molecule has 0 aliphatic heterocycles. The summed E-state index contributed by atoms with van der Waals surface area (Å²) in [7, 11) is 1.64. The van der Waals surface area contributed by atoms with Crippen molar-refractivity contribution >= 4 is 16.5 Å². The monoisotopic (exact) mass is 280 g/mol. The largest absolute Gasteiger partial charge is 0.497 e. The molecule has 21 heavy (non-hydrogen) atoms. The van der Waals surface area contributed by atoms with E-state index in [4.69, 9.17) is 15.2 Å². The number of anilines is 1. The zero-order valence-electron chi connectivity index (χ0n) is 12.0. The summed E-state index contributed by atoms with van der Waals surface area (Å²) in [5, 5.41) is 1.96. The van der Waals surface area contributed by atoms with Crippen LogP contribution in [0.3, 0.4) is 0 Å². The lowest BCUT2D eigenvalue weighted by molar-refractivity contribution is 0.415. The fraction of sp³-hybridized carbons (Fsp3) is 0.118. The summed E-state index contributed by atoms with van der Waals surface area (Å²) in [6.07, 6.45) is 1.73. The highest BCUT2D eigenvalue weighted by molar-refractivity contribution is 5.88. The van der Waals surface area contributed by atoms with E-state index >= 15 is 0 Å². The summed E-state index contributed by atoms with van der Waals surface area (Å²) in [4.78, 5) is 4.32. The first kappa shape index (κ1) is 13.2. The topological polar surface area (TPSA) is 57.4 Å². The van der Waals surface area contributed by atoms with Gasteiger partial charge in [-0.15, -0.1) is 0 Å². The number of hydrogen-bond donors (Lipinski definition) is 1. The van der Waals surface area contributed by atoms with Crippen LogP contribution < -0.4 is 15.2 Å². The highest BCUT2D eigenvalue weighted by atomic mass is 16.5. The molecule has 0 unspecified atom stereocenters. The van der Waals surface area contributed by atoms with Crippen molar-refractivity contribution in [3.63, 3.8) is 0 Å². The molecule has 2 aromatic carbocycles. The van der Waals surface area contributed by atoms with Crippen LogP contribution in [0.4, 0.5) is 5.69 Å². The molecular weight excluding hydrogens is 264 g/mol. The van der Waals surface area contributed by atoms with Gasteiger partial charge in [0, 0.05) is 17.3 Å². The second-order valence-corrected chi connectivity index (χ2v) is 4.82. The molecular formula is C17H16N2O2. The smallest absolute Gasteiger partial charge is 0.227 e. The van der Waals surface area contributed by atoms with E-state index in [1.165, 1.54) is 0 Å². The van der Waals surface area contributed by atoms with Crippen LogP contribution >= 0.6 is 0 Å². The van der Waals surface area contributed by atoms with Crippen molar-refractivity contribution in [2.24, 2.45) is 0 Å². The number of nitrogens with two attached hydrogens (primary N) is 1. The molecule has 106 valence electrons. The molecule has 0 saturated carbocycles. The third-order valence-electron chi connectivity index (χ3n) is 3.39. The molecule has 3 aromatic rings. The molecule has 0 amide bonds. The Morgan fingerprint density at radius 1 is 1.00 bits per heavy atom. The lowest BCUT2D eigenvalue weighted by atomic mass is 10.1. The van der Waals surface area contributed by atoms with Gasteiger partial charge in [0.1, 0.15) is 11.5 Å². The molecule has 0 aliphatic rings. The minimum Gasteiger partial charge on any atom is -0.497 e. The molecule has 0 aliphatic carbocycles. The van der Waals surface area contributed by atoms with E-state index in [0.29, 0.717) is 11.6 Å². The van der Waals surface area contributed by atoms with Gasteiger partial charge in [-0.05, 0) is 54.3 Å². The first-order valence-corrected chi connectivity index (χ1v) is 6.64. The number of fused-ring (bicyclic) bond motifs is 1. The highest BCUT2D eigenvalue weighted by Gasteiger charge is 2.07. The maximum atomic E-state index is 5.90. The Hall–Kier alpha value is -2.75. The van der Waals surface area contributed by atoms with Crippen LogP contribution in [0.25, 0.3) is 10.8 Å². The Labute approximate surface area is 123 Å². The van der Waals surface area contributed by atoms with Crippen molar-refractivity contribution in [2.75, 3.05) is 12.8 Å². The number of hydrogen-bond acceptors (Lipinski definition) is 4. The molecule has 2 N–H and O–H groups in total. The van der Waals surface area contributed by atoms with E-state index in [0.717, 1.165) is 27.8 Å². The van der Waals surface area contributed by atoms with Gasteiger partial charge in [0.2, 0.25) is 5.88 Å². The number of rotatable bonds is 3. The Kier molecular flexibility index (Phi) is 3.36. The number of aromatic nitrogens is 1. The van der Waals surface area contributed by atoms with E-state index < -0.39 is 0 Å². The Bertz CT molecular complexity index is 800. The molecule has 1 heterocycles. The zero-order chi connectivity index (χ0) is 14.8. The predicted molar refractivity (Wildman–Crippen MR) is 84.0 cm³/mol. The van der Waals surface area contributed by atoms with E-state index in [-0.39, 0.29) is 0 Å². The summed E-state index contributed by atoms with van der Waals surface area (Å²) in [6, 6.07) is 13.3. The molecule has 0 fully saturated rings. The van der Waals surface area contributed by atoms with Gasteiger partial charge in [-0.3, -0.25) is 0 Å². The van der Waals surface area contributed by atoms with Crippen LogP contribution in [0.2, 0.25) is 0 Å². The summed E-state index contributed by atoms with van der Waals surface area (Å²) >= 11 is 0. The van der Waals surface area contributed by atoms with Crippen molar-refractivity contribution < 1.29 is 9.47 Å². The third-order valence-corrected chi connectivity index (χ3v) is 3.39. The molecule has 0 radical (unpaired) electrons. The molecule has 4 nitrogen and oxygen atoms in total. The summed E-state index contributed by atoms with van der Waals surface area (Å²) in [5.74, 6) is 2.04. The quantitative estimate of drug-likeness (QED) is 0.739. The maximum Gasteiger partial charge on any atom is 0.227 e. The molecule has 1 aromatic heterocycles. The average Bonchev–Trinajstić information content (AvgIpc) is 2.51. The van der Waals surface area contributed by atoms with Crippen molar-refractivity contribution in [1.29, 1.82) is 0 Å². The number of methoxy groups -OCH3 is 1. The maximum absolute atomic E-state index is 5.90. The zero-order valence-corrected chi connectivity index (χ0v) is 12.0. The minimum atomic E-state index is 0.551. The summed E-state index contributed by atoms with van der Waals surface area (Å²) < 4.78 is 11.2. The van der Waals surface area contributed by atoms with E-state index in [1.54, 1.807) is 13.3 Å². The van der Waals surface area contributed by atoms with Crippen LogP contribution in [0.1, 0.15) is 5.56 Å². The molecule has 4 heteroatoms. The van der Waals surface area contributed by atoms with Crippen molar-refractivity contribution in [3.8, 4) is 17.4 Å². The van der Waals surface area contributed by atoms with Gasteiger partial charge in [-0.1, -0.05) is 6.07 Å². The number of pyridine rings is 1. The number of aryl methyl sites for hydroxylation is 1. The lowest BCUT2D eigenvalue weighted by Crippen LogP contribution is -1.93. The number of benzene rings is 2. The Morgan fingerprint density at radius 2 is 1.81 bits per heavy atom. The van der Waals surface area contributed by atoms with Gasteiger partial charge in [-0.25, -0.2) is 4.98 Å². The summed E-state index contributed by atoms with van der Waals surface area (Å²) in [5.41, 5.74) is 7.55. The molecule has 0 bridgehead atoms. The number of ether oxygens (including phenoxy) is 2. The van der Waals surface area contributed by atoms with Crippen LogP contribution in [-0.4, -0.2) is 12.1 Å². The van der Waals surface area contributed by atoms with Crippen molar-refractivity contribution in [1.82, 2.24) is 4.98 Å². The Morgan fingerprint density at radius 3 is 2.57 bits per heavy atom. The second kappa shape index (κ2) is 5.32. The van der Waals surface area contributed by atoms with Gasteiger partial charge in [0.15, 0.2) is 0 Å². The van der Waals surface area contributed by atoms with Crippen LogP contribution in [0.15, 0.2) is 48.7 Å². The Balaban J connectivity index is 2.05. The third kappa shape index (κ3) is 2.60. The standard InChI is InChI=1S/C17H16N2O2/c1-11-9-14(5-6-16(11)18)21-17-15-10-13(20-2)4-3-12(15)7-8-19-17/h3-10H,18H2,1-2H3. The van der Waals surface area contributed by atoms with Gasteiger partial charge in [0.25, 0.3) is 0 Å². The number of nitrogen functional groups attached to an aromatic ring is 1. The van der Waals surface area contributed by atoms with Gasteiger partial charge >= 0.3 is 0 Å². The van der Waals surface area contributed by atoms with E-state index in [9.17, 15) is 0 Å². The molecule has 3 rings (SSSR count). The second-order valence-electron chi connectivity index (χ2n) is 4.82. The molecule has 0 atom stereocenters. The van der Waals surface area contributed by atoms with E-state index in [1.807, 2.05) is 49.4 Å². The fourth-order valence-corrected chi connectivity index (χ4v) is 2.15. The SMILES string of the molecule is COc1ccc2ccnc(Oc3ccc(N)c(C)c3)c2c1. The fourth-order valence-electron chi connectivity index (χ4n) is 2.15. The number of nitrogens with zero attached hydrogens (tertiary/aromatic N) is 1. The van der Waals surface area contributed by atoms with Gasteiger partial charge in [0.05, 0.1) is 7.11 Å². The first-order chi connectivity index (χ1) is 10.2. The van der Waals surface area contributed by atoms with E-state index in [2.05, 4.69) is 4.98 Å². The van der Waals surface area contributed by atoms with Gasteiger partial charge < -0.3 is 15.2 Å². The normalized spacial score (nSPS) is 10.6. The van der Waals surface area contributed by atoms with Gasteiger partial charge in [-0.2, -0.15) is 0 Å². The molecule has 0 spiro atoms. The average molecular weight is 280 g/mol. The molecule has 0 saturated heterocycles. The van der Waals surface area contributed by atoms with Crippen molar-refractivity contribution in [3.05, 3.63) is 54.2 Å². The van der Waals surface area contributed by atoms with Crippen LogP contribution in [0, 0.1) is 6.92 Å². The lowest BCUT2D eigenvalue weighted by Gasteiger charge is -2.10. The summed E-state index contributed by atoms with van der Waals surface area (Å²) in [6.45, 7) is 1.95.